The maximum Gasteiger partial charge on any atom is 0.337 e. The number of aliphatic hydroxyl groups is 1. The monoisotopic (exact) mass is 390 g/mol. The molecule has 0 saturated carbocycles. The maximum atomic E-state index is 12.4. The number of oxime groups is 1. The normalized spacial score (nSPS) is 12.5. The lowest BCUT2D eigenvalue weighted by Crippen LogP contribution is -2.21. The number of halogens is 1. The van der Waals surface area contributed by atoms with E-state index in [-0.39, 0.29) is 27.5 Å². The Balaban J connectivity index is 2.20. The van der Waals surface area contributed by atoms with Gasteiger partial charge < -0.3 is 20.7 Å². The van der Waals surface area contributed by atoms with Gasteiger partial charge in [-0.1, -0.05) is 42.2 Å². The van der Waals surface area contributed by atoms with Gasteiger partial charge in [-0.15, -0.1) is 0 Å². The van der Waals surface area contributed by atoms with Crippen LogP contribution in [0.1, 0.15) is 46.0 Å². The summed E-state index contributed by atoms with van der Waals surface area (Å²) in [6, 6.07) is 10.2. The van der Waals surface area contributed by atoms with Gasteiger partial charge in [-0.05, 0) is 36.8 Å². The Morgan fingerprint density at radius 2 is 1.78 bits per heavy atom. The first kappa shape index (κ1) is 20.4. The number of nitrogens with one attached hydrogen (secondary N) is 1. The van der Waals surface area contributed by atoms with Crippen LogP contribution < -0.4 is 5.32 Å². The molecule has 0 saturated heterocycles. The highest BCUT2D eigenvalue weighted by Crippen LogP contribution is 2.21. The Labute approximate surface area is 160 Å². The zero-order valence-electron chi connectivity index (χ0n) is 14.5. The number of benzene rings is 2. The molecule has 27 heavy (non-hydrogen) atoms. The van der Waals surface area contributed by atoms with Crippen LogP contribution in [-0.4, -0.2) is 39.1 Å². The minimum Gasteiger partial charge on any atom is -0.478 e. The van der Waals surface area contributed by atoms with E-state index in [1.807, 2.05) is 6.92 Å². The van der Waals surface area contributed by atoms with Crippen LogP contribution in [0.15, 0.2) is 47.6 Å². The summed E-state index contributed by atoms with van der Waals surface area (Å²) >= 11 is 5.80. The minimum atomic E-state index is -1.21. The van der Waals surface area contributed by atoms with E-state index >= 15 is 0 Å². The van der Waals surface area contributed by atoms with Gasteiger partial charge in [0.25, 0.3) is 5.91 Å². The molecule has 1 atom stereocenters. The first-order chi connectivity index (χ1) is 12.9. The van der Waals surface area contributed by atoms with Crippen molar-refractivity contribution in [1.82, 2.24) is 0 Å². The van der Waals surface area contributed by atoms with Gasteiger partial charge in [0.15, 0.2) is 0 Å². The number of anilines is 1. The number of hydrogen-bond acceptors (Lipinski definition) is 5. The average Bonchev–Trinajstić information content (AvgIpc) is 2.64. The molecule has 0 bridgehead atoms. The highest BCUT2D eigenvalue weighted by atomic mass is 35.5. The molecule has 0 fully saturated rings. The van der Waals surface area contributed by atoms with Crippen molar-refractivity contribution in [3.8, 4) is 0 Å². The number of aliphatic hydroxyl groups excluding tert-OH is 1. The SMILES string of the molecule is CCCC(O)/C(=N/O)c1ccc(C(=O)Nc2ccc(Cl)cc2C(=O)O)cc1. The fourth-order valence-electron chi connectivity index (χ4n) is 2.52. The second-order valence-corrected chi connectivity index (χ2v) is 6.25. The lowest BCUT2D eigenvalue weighted by atomic mass is 10.0. The molecule has 0 radical (unpaired) electrons. The van der Waals surface area contributed by atoms with E-state index in [1.54, 1.807) is 12.1 Å². The molecule has 0 aromatic heterocycles. The Morgan fingerprint density at radius 3 is 2.33 bits per heavy atom. The second-order valence-electron chi connectivity index (χ2n) is 5.82. The number of carbonyl (C=O) groups excluding carboxylic acids is 1. The van der Waals surface area contributed by atoms with Crippen LogP contribution in [0.2, 0.25) is 5.02 Å². The molecule has 2 aromatic rings. The first-order valence-corrected chi connectivity index (χ1v) is 8.59. The van der Waals surface area contributed by atoms with Crippen molar-refractivity contribution in [3.63, 3.8) is 0 Å². The van der Waals surface area contributed by atoms with Crippen molar-refractivity contribution < 1.29 is 25.0 Å². The summed E-state index contributed by atoms with van der Waals surface area (Å²) in [5, 5.41) is 34.3. The molecule has 4 N–H and O–H groups in total. The standard InChI is InChI=1S/C19H19ClN2O5/c1-2-3-16(23)17(22-27)11-4-6-12(7-5-11)18(24)21-15-9-8-13(20)10-14(15)19(25)26/h4-10,16,23,27H,2-3H2,1H3,(H,21,24)(H,25,26)/b22-17+. The number of carboxylic acids is 1. The van der Waals surface area contributed by atoms with Crippen molar-refractivity contribution in [1.29, 1.82) is 0 Å². The smallest absolute Gasteiger partial charge is 0.337 e. The summed E-state index contributed by atoms with van der Waals surface area (Å²) in [6.45, 7) is 1.90. The number of rotatable bonds is 7. The van der Waals surface area contributed by atoms with E-state index in [1.165, 1.54) is 30.3 Å². The van der Waals surface area contributed by atoms with E-state index in [0.29, 0.717) is 18.4 Å². The summed E-state index contributed by atoms with van der Waals surface area (Å²) in [5.74, 6) is -1.72. The van der Waals surface area contributed by atoms with Crippen LogP contribution in [0.4, 0.5) is 5.69 Å². The molecule has 7 nitrogen and oxygen atoms in total. The predicted molar refractivity (Wildman–Crippen MR) is 102 cm³/mol. The number of aromatic carboxylic acids is 1. The third-order valence-electron chi connectivity index (χ3n) is 3.89. The van der Waals surface area contributed by atoms with Gasteiger partial charge >= 0.3 is 5.97 Å². The number of carboxylic acid groups (broad SMARTS) is 1. The highest BCUT2D eigenvalue weighted by Gasteiger charge is 2.17. The minimum absolute atomic E-state index is 0.120. The van der Waals surface area contributed by atoms with Gasteiger partial charge in [0.1, 0.15) is 5.71 Å². The van der Waals surface area contributed by atoms with E-state index < -0.39 is 18.0 Å². The maximum absolute atomic E-state index is 12.4. The molecule has 0 aliphatic rings. The number of nitrogens with zero attached hydrogens (tertiary/aromatic N) is 1. The van der Waals surface area contributed by atoms with Crippen molar-refractivity contribution >= 4 is 34.9 Å². The van der Waals surface area contributed by atoms with Crippen molar-refractivity contribution in [2.24, 2.45) is 5.16 Å². The second kappa shape index (κ2) is 9.16. The van der Waals surface area contributed by atoms with Gasteiger partial charge in [-0.2, -0.15) is 0 Å². The van der Waals surface area contributed by atoms with E-state index in [2.05, 4.69) is 10.5 Å². The largest absolute Gasteiger partial charge is 0.478 e. The summed E-state index contributed by atoms with van der Waals surface area (Å²) in [6.07, 6.45) is 0.246. The van der Waals surface area contributed by atoms with Crippen molar-refractivity contribution in [2.75, 3.05) is 5.32 Å². The first-order valence-electron chi connectivity index (χ1n) is 8.22. The molecular formula is C19H19ClN2O5. The highest BCUT2D eigenvalue weighted by molar-refractivity contribution is 6.31. The summed E-state index contributed by atoms with van der Waals surface area (Å²) in [7, 11) is 0. The molecule has 0 aliphatic heterocycles. The predicted octanol–water partition coefficient (Wildman–Crippen LogP) is 3.63. The Hall–Kier alpha value is -2.90. The van der Waals surface area contributed by atoms with E-state index in [4.69, 9.17) is 16.8 Å². The lowest BCUT2D eigenvalue weighted by molar-refractivity contribution is 0.0698. The molecule has 0 spiro atoms. The van der Waals surface area contributed by atoms with Gasteiger partial charge in [0.05, 0.1) is 17.4 Å². The lowest BCUT2D eigenvalue weighted by Gasteiger charge is -2.12. The number of carbonyl (C=O) groups is 2. The topological polar surface area (TPSA) is 119 Å². The summed E-state index contributed by atoms with van der Waals surface area (Å²) in [4.78, 5) is 23.7. The third kappa shape index (κ3) is 5.06. The molecule has 0 heterocycles. The van der Waals surface area contributed by atoms with Crippen LogP contribution >= 0.6 is 11.6 Å². The van der Waals surface area contributed by atoms with E-state index in [0.717, 1.165) is 0 Å². The van der Waals surface area contributed by atoms with Crippen LogP contribution in [0, 0.1) is 0 Å². The van der Waals surface area contributed by atoms with Gasteiger partial charge in [0, 0.05) is 16.1 Å². The third-order valence-corrected chi connectivity index (χ3v) is 4.12. The molecule has 142 valence electrons. The van der Waals surface area contributed by atoms with Gasteiger partial charge in [0.2, 0.25) is 0 Å². The Kier molecular flexibility index (Phi) is 6.92. The molecular weight excluding hydrogens is 372 g/mol. The fraction of sp³-hybridized carbons (Fsp3) is 0.211. The van der Waals surface area contributed by atoms with Crippen LogP contribution in [0.5, 0.6) is 0 Å². The van der Waals surface area contributed by atoms with Crippen LogP contribution in [-0.2, 0) is 0 Å². The number of hydrogen-bond donors (Lipinski definition) is 4. The summed E-state index contributed by atoms with van der Waals surface area (Å²) in [5.41, 5.74) is 0.872. The van der Waals surface area contributed by atoms with Crippen molar-refractivity contribution in [3.05, 3.63) is 64.2 Å². The molecule has 2 aromatic carbocycles. The average molecular weight is 391 g/mol. The van der Waals surface area contributed by atoms with Crippen LogP contribution in [0.3, 0.4) is 0 Å². The zero-order chi connectivity index (χ0) is 20.0. The van der Waals surface area contributed by atoms with Crippen LogP contribution in [0.25, 0.3) is 0 Å². The van der Waals surface area contributed by atoms with Gasteiger partial charge in [-0.3, -0.25) is 4.79 Å². The molecule has 0 aliphatic carbocycles. The number of amides is 1. The summed E-state index contributed by atoms with van der Waals surface area (Å²) < 4.78 is 0. The Morgan fingerprint density at radius 1 is 1.15 bits per heavy atom. The molecule has 2 rings (SSSR count). The van der Waals surface area contributed by atoms with Crippen molar-refractivity contribution in [2.45, 2.75) is 25.9 Å². The fourth-order valence-corrected chi connectivity index (χ4v) is 2.69. The Bertz CT molecular complexity index is 865. The quantitative estimate of drug-likeness (QED) is 0.327. The van der Waals surface area contributed by atoms with Gasteiger partial charge in [-0.25, -0.2) is 4.79 Å². The molecule has 1 unspecified atom stereocenters. The van der Waals surface area contributed by atoms with E-state index in [9.17, 15) is 19.8 Å². The zero-order valence-corrected chi connectivity index (χ0v) is 15.3. The molecule has 8 heteroatoms. The molecule has 1 amide bonds.